The van der Waals surface area contributed by atoms with Crippen LogP contribution >= 0.6 is 11.3 Å². The minimum Gasteiger partial charge on any atom is -0.466 e. The number of halogens is 12. The SMILES string of the molecule is COCC(=O)N1CC=C(c2cnc3c(N[C@H](C)c4cccc(C(F)(F)F)c4)nccn23)CC1.COc1nc(N[C@H](C)c2cccc(C(F)(F)F)c2)c2cc(C3=CCCCC3)cn2n1.C[C@@H](Nc1ncnc2sc(C3(O)CCC(C(=O)N(C)C)CC3)cc12)c1cc(N)cc(C(F)(F)F)c1.Cc1cn2nc(C(=O)N3CCOCC3)cc2c(N[C@H](C)c2cccc(C(F)(F)F)c2)n1. The van der Waals surface area contributed by atoms with Crippen LogP contribution in [0, 0.1) is 12.8 Å². The lowest BCUT2D eigenvalue weighted by atomic mass is 9.77. The van der Waals surface area contributed by atoms with Crippen molar-refractivity contribution in [2.45, 2.75) is 147 Å². The van der Waals surface area contributed by atoms with E-state index in [1.165, 1.54) is 68.1 Å². The third-order valence-electron chi connectivity index (χ3n) is 22.7. The summed E-state index contributed by atoms with van der Waals surface area (Å²) < 4.78 is 178. The summed E-state index contributed by atoms with van der Waals surface area (Å²) in [6.45, 7) is 12.0. The van der Waals surface area contributed by atoms with Crippen molar-refractivity contribution < 1.29 is 86.4 Å². The summed E-state index contributed by atoms with van der Waals surface area (Å²) in [5.41, 5.74) is 10.8. The average molecular weight is 1820 g/mol. The van der Waals surface area contributed by atoms with E-state index in [1.54, 1.807) is 121 Å². The number of anilines is 5. The molecular formula is C90H97F12N19O7S. The van der Waals surface area contributed by atoms with Crippen LogP contribution in [0.3, 0.4) is 0 Å². The fourth-order valence-electron chi connectivity index (χ4n) is 15.6. The van der Waals surface area contributed by atoms with Gasteiger partial charge in [-0.2, -0.15) is 62.8 Å². The Kier molecular flexibility index (Phi) is 28.9. The number of nitrogens with zero attached hydrogens (tertiary/aromatic N) is 14. The van der Waals surface area contributed by atoms with Gasteiger partial charge in [0.05, 0.1) is 102 Å². The van der Waals surface area contributed by atoms with Gasteiger partial charge in [0.15, 0.2) is 28.8 Å². The molecule has 0 radical (unpaired) electrons. The van der Waals surface area contributed by atoms with Crippen LogP contribution in [-0.2, 0) is 49.4 Å². The van der Waals surface area contributed by atoms with Gasteiger partial charge in [0, 0.05) is 88.5 Å². The maximum atomic E-state index is 13.2. The number of fused-ring (bicyclic) bond motifs is 4. The van der Waals surface area contributed by atoms with E-state index in [2.05, 4.69) is 67.4 Å². The predicted molar refractivity (Wildman–Crippen MR) is 465 cm³/mol. The lowest BCUT2D eigenvalue weighted by Gasteiger charge is -2.35. The minimum atomic E-state index is -4.50. The summed E-state index contributed by atoms with van der Waals surface area (Å²) in [4.78, 5) is 69.9. The van der Waals surface area contributed by atoms with Crippen molar-refractivity contribution in [2.24, 2.45) is 5.92 Å². The van der Waals surface area contributed by atoms with Gasteiger partial charge in [-0.1, -0.05) is 48.6 Å². The van der Waals surface area contributed by atoms with Gasteiger partial charge in [0.2, 0.25) is 11.8 Å². The Morgan fingerprint density at radius 2 is 1.20 bits per heavy atom. The van der Waals surface area contributed by atoms with Crippen molar-refractivity contribution in [3.63, 3.8) is 0 Å². The van der Waals surface area contributed by atoms with Crippen molar-refractivity contribution in [3.8, 4) is 6.01 Å². The molecule has 7 N–H and O–H groups in total. The van der Waals surface area contributed by atoms with Crippen molar-refractivity contribution in [1.29, 1.82) is 0 Å². The Balaban J connectivity index is 0.000000147. The molecular weight excluding hydrogens is 1720 g/mol. The van der Waals surface area contributed by atoms with E-state index < -0.39 is 76.7 Å². The standard InChI is InChI=1S/C24H28F3N5O2S.C23H24F3N5O2.C22H23F3N4O.C21H22F3N5O2/c1-13(15-8-16(24(25,26)27)10-17(28)9-15)31-20-18-11-19(35-21(18)30-12-29-20)23(34)6-4-14(5-7-23)22(33)32(2)3;1-15(17-4-3-5-18(12-17)23(24,25)26)29-21-22-28-13-19(31(22)11-8-27-21)16-6-9-30(10-7-16)20(32)14-33-2;1-14(16-9-6-10-18(11-16)22(23,24)25)26-20-19-12-17(15-7-4-3-5-8-15)13-29(19)28-21(27-20)30-2;1-13-12-29-18(11-17(27-29)20(30)28-6-8-31-9-7-28)19(25-13)26-14(2)15-4-3-5-16(10-15)21(22,23)24/h8-14,34H,4-7,28H2,1-3H3,(H,29,30,31);3-6,8,11-13,15H,7,9-10,14H2,1-2H3,(H,27,29);6-7,9-14H,3-5,8H2,1-2H3,(H,26,27,28);3-5,10-12,14H,6-9H2,1-2H3,(H,25,26)/t13-,14?,23?;15-;2*14-/m1111/s1. The van der Waals surface area contributed by atoms with Crippen LogP contribution in [0.25, 0.3) is 38.0 Å². The first-order valence-electron chi connectivity index (χ1n) is 41.6. The third kappa shape index (κ3) is 22.8. The van der Waals surface area contributed by atoms with Gasteiger partial charge in [-0.15, -0.1) is 16.4 Å². The molecule has 684 valence electrons. The Morgan fingerprint density at radius 3 is 1.77 bits per heavy atom. The third-order valence-corrected chi connectivity index (χ3v) is 24.0. The summed E-state index contributed by atoms with van der Waals surface area (Å²) >= 11 is 1.36. The van der Waals surface area contributed by atoms with Gasteiger partial charge in [-0.05, 0) is 198 Å². The van der Waals surface area contributed by atoms with Crippen molar-refractivity contribution in [2.75, 3.05) is 101 Å². The Hall–Kier alpha value is -12.5. The second kappa shape index (κ2) is 39.6. The summed E-state index contributed by atoms with van der Waals surface area (Å²) in [7, 11) is 6.44. The molecule has 16 rings (SSSR count). The molecule has 2 fully saturated rings. The van der Waals surface area contributed by atoms with E-state index >= 15 is 0 Å². The summed E-state index contributed by atoms with van der Waals surface area (Å²) in [6, 6.07) is 23.1. The molecule has 10 heterocycles. The number of methoxy groups -OCH3 is 2. The van der Waals surface area contributed by atoms with Gasteiger partial charge in [-0.3, -0.25) is 18.8 Å². The number of thiophene rings is 1. The first kappa shape index (κ1) is 94.1. The normalized spacial score (nSPS) is 17.3. The zero-order valence-electron chi connectivity index (χ0n) is 71.9. The number of ether oxygens (including phenoxy) is 3. The molecule has 26 nitrogen and oxygen atoms in total. The molecule has 8 aromatic heterocycles. The molecule has 129 heavy (non-hydrogen) atoms. The van der Waals surface area contributed by atoms with E-state index in [4.69, 9.17) is 19.9 Å². The molecule has 3 amide bonds. The smallest absolute Gasteiger partial charge is 0.416 e. The first-order chi connectivity index (χ1) is 61.2. The van der Waals surface area contributed by atoms with Crippen LogP contribution in [0.2, 0.25) is 0 Å². The number of carbonyl (C=O) groups excluding carboxylic acids is 3. The van der Waals surface area contributed by atoms with Gasteiger partial charge in [0.1, 0.15) is 34.6 Å². The summed E-state index contributed by atoms with van der Waals surface area (Å²) in [6.07, 6.45) is 3.95. The number of hydrogen-bond acceptors (Lipinski definition) is 21. The molecule has 1 saturated carbocycles. The Morgan fingerprint density at radius 1 is 0.628 bits per heavy atom. The number of benzene rings is 4. The molecule has 4 aliphatic rings. The number of aliphatic hydroxyl groups is 1. The molecule has 12 aromatic rings. The van der Waals surface area contributed by atoms with Gasteiger partial charge in [-0.25, -0.2) is 34.0 Å². The molecule has 0 bridgehead atoms. The number of rotatable bonds is 20. The highest BCUT2D eigenvalue weighted by Gasteiger charge is 2.41. The fourth-order valence-corrected chi connectivity index (χ4v) is 16.8. The lowest BCUT2D eigenvalue weighted by molar-refractivity contribution is -0.138. The van der Waals surface area contributed by atoms with E-state index in [-0.39, 0.29) is 47.6 Å². The van der Waals surface area contributed by atoms with Crippen LogP contribution in [0.5, 0.6) is 6.01 Å². The number of aryl methyl sites for hydroxylation is 1. The summed E-state index contributed by atoms with van der Waals surface area (Å²) in [5, 5.41) is 33.6. The predicted octanol–water partition coefficient (Wildman–Crippen LogP) is 18.7. The van der Waals surface area contributed by atoms with Crippen molar-refractivity contribution in [1.82, 2.24) is 68.2 Å². The number of nitrogens with two attached hydrogens (primary N) is 1. The number of alkyl halides is 12. The van der Waals surface area contributed by atoms with E-state index in [0.29, 0.717) is 144 Å². The number of nitrogen functional groups attached to an aromatic ring is 1. The van der Waals surface area contributed by atoms with E-state index in [0.717, 1.165) is 95.0 Å². The van der Waals surface area contributed by atoms with Crippen molar-refractivity contribution >= 4 is 96.1 Å². The number of amides is 3. The van der Waals surface area contributed by atoms with Crippen LogP contribution in [0.1, 0.15) is 186 Å². The van der Waals surface area contributed by atoms with Gasteiger partial charge < -0.3 is 61.0 Å². The van der Waals surface area contributed by atoms with Crippen LogP contribution in [0.15, 0.2) is 159 Å². The monoisotopic (exact) mass is 1820 g/mol. The van der Waals surface area contributed by atoms with Crippen LogP contribution in [0.4, 0.5) is 81.6 Å². The molecule has 2 aliphatic heterocycles. The van der Waals surface area contributed by atoms with Crippen molar-refractivity contribution in [3.05, 3.63) is 231 Å². The maximum Gasteiger partial charge on any atom is 0.416 e. The highest BCUT2D eigenvalue weighted by atomic mass is 32.1. The quantitative estimate of drug-likeness (QED) is 0.0305. The van der Waals surface area contributed by atoms with E-state index in [1.807, 2.05) is 28.8 Å². The fraction of sp³-hybridized carbons (Fsp3) is 0.389. The molecule has 4 atom stereocenters. The molecule has 0 spiro atoms. The van der Waals surface area contributed by atoms with Crippen LogP contribution < -0.4 is 31.7 Å². The van der Waals surface area contributed by atoms with E-state index in [9.17, 15) is 72.2 Å². The number of morpholine rings is 1. The molecule has 2 aliphatic carbocycles. The molecule has 0 unspecified atom stereocenters. The Labute approximate surface area is 738 Å². The number of aromatic nitrogens is 11. The highest BCUT2D eigenvalue weighted by Crippen LogP contribution is 2.46. The van der Waals surface area contributed by atoms with Gasteiger partial charge >= 0.3 is 30.7 Å². The number of imidazole rings is 1. The number of allylic oxidation sites excluding steroid dienone is 2. The van der Waals surface area contributed by atoms with Crippen LogP contribution in [-0.4, -0.2) is 165 Å². The Bertz CT molecular complexity index is 6070. The average Bonchev–Trinajstić information content (AvgIpc) is 1.68. The summed E-state index contributed by atoms with van der Waals surface area (Å²) in [5.74, 6) is 1.62. The minimum absolute atomic E-state index is 0.0275. The maximum absolute atomic E-state index is 13.2. The molecule has 1 saturated heterocycles. The molecule has 39 heteroatoms. The number of carbonyl (C=O) groups is 3. The number of hydrogen-bond donors (Lipinski definition) is 6. The topological polar surface area (TPSA) is 299 Å². The number of nitrogens with one attached hydrogen (secondary N) is 4. The zero-order chi connectivity index (χ0) is 92.6. The second-order valence-electron chi connectivity index (χ2n) is 32.2. The lowest BCUT2D eigenvalue weighted by Crippen LogP contribution is -2.40. The first-order valence-corrected chi connectivity index (χ1v) is 42.4. The largest absolute Gasteiger partial charge is 0.466 e. The van der Waals surface area contributed by atoms with Gasteiger partial charge in [0.25, 0.3) is 5.91 Å². The molecule has 4 aromatic carbocycles. The highest BCUT2D eigenvalue weighted by molar-refractivity contribution is 7.18. The second-order valence-corrected chi connectivity index (χ2v) is 33.2. The zero-order valence-corrected chi connectivity index (χ0v) is 72.7.